The summed E-state index contributed by atoms with van der Waals surface area (Å²) in [6, 6.07) is -0.560. The number of nitrogens with two attached hydrogens (primary N) is 1. The molecular weight excluding hydrogens is 206 g/mol. The molecule has 5 heteroatoms. The molecule has 1 aliphatic rings. The van der Waals surface area contributed by atoms with Gasteiger partial charge in [-0.05, 0) is 40.5 Å². The van der Waals surface area contributed by atoms with Crippen molar-refractivity contribution in [3.8, 4) is 0 Å². The van der Waals surface area contributed by atoms with Gasteiger partial charge in [-0.1, -0.05) is 0 Å². The maximum absolute atomic E-state index is 11.2. The highest BCUT2D eigenvalue weighted by atomic mass is 16.3. The number of piperidine rings is 1. The SMILES string of the molecule is CC1(C)CC(N(CO)C(N)=O)CC(C)(C)N1. The maximum Gasteiger partial charge on any atom is 0.316 e. The van der Waals surface area contributed by atoms with Crippen LogP contribution in [-0.2, 0) is 0 Å². The second-order valence-electron chi connectivity index (χ2n) is 5.90. The zero-order chi connectivity index (χ0) is 12.6. The van der Waals surface area contributed by atoms with E-state index in [2.05, 4.69) is 33.0 Å². The summed E-state index contributed by atoms with van der Waals surface area (Å²) in [5.41, 5.74) is 5.14. The predicted octanol–water partition coefficient (Wildman–Crippen LogP) is 0.626. The van der Waals surface area contributed by atoms with Crippen molar-refractivity contribution in [2.24, 2.45) is 5.73 Å². The summed E-state index contributed by atoms with van der Waals surface area (Å²) < 4.78 is 0. The first-order valence-corrected chi connectivity index (χ1v) is 5.63. The van der Waals surface area contributed by atoms with Crippen molar-refractivity contribution in [2.45, 2.75) is 57.7 Å². The van der Waals surface area contributed by atoms with Crippen LogP contribution in [0.15, 0.2) is 0 Å². The quantitative estimate of drug-likeness (QED) is 0.608. The standard InChI is InChI=1S/C11H23N3O2/c1-10(2)5-8(6-11(3,4)13-10)14(7-15)9(12)16/h8,13,15H,5-7H2,1-4H3,(H2,12,16). The van der Waals surface area contributed by atoms with E-state index >= 15 is 0 Å². The maximum atomic E-state index is 11.2. The minimum absolute atomic E-state index is 0.00579. The van der Waals surface area contributed by atoms with Crippen LogP contribution in [0.1, 0.15) is 40.5 Å². The lowest BCUT2D eigenvalue weighted by Gasteiger charge is -2.48. The number of hydrogen-bond acceptors (Lipinski definition) is 3. The number of carbonyl (C=O) groups is 1. The summed E-state index contributed by atoms with van der Waals surface area (Å²) in [6.07, 6.45) is 1.58. The third-order valence-electron chi connectivity index (χ3n) is 3.04. The molecule has 1 rings (SSSR count). The van der Waals surface area contributed by atoms with Crippen LogP contribution >= 0.6 is 0 Å². The molecule has 1 saturated heterocycles. The Morgan fingerprint density at radius 1 is 1.38 bits per heavy atom. The Kier molecular flexibility index (Phi) is 3.50. The van der Waals surface area contributed by atoms with E-state index in [-0.39, 0.29) is 23.9 Å². The first-order chi connectivity index (χ1) is 7.17. The van der Waals surface area contributed by atoms with Crippen molar-refractivity contribution < 1.29 is 9.90 Å². The number of nitrogens with zero attached hydrogens (tertiary/aromatic N) is 1. The number of rotatable bonds is 2. The molecule has 0 atom stereocenters. The highest BCUT2D eigenvalue weighted by molar-refractivity contribution is 5.72. The molecule has 0 saturated carbocycles. The zero-order valence-electron chi connectivity index (χ0n) is 10.6. The molecule has 0 radical (unpaired) electrons. The molecule has 0 unspecified atom stereocenters. The summed E-state index contributed by atoms with van der Waals surface area (Å²) in [5.74, 6) is 0. The average Bonchev–Trinajstić information content (AvgIpc) is 1.97. The normalized spacial score (nSPS) is 24.1. The van der Waals surface area contributed by atoms with Crippen LogP contribution in [0.5, 0.6) is 0 Å². The molecule has 94 valence electrons. The van der Waals surface area contributed by atoms with Gasteiger partial charge in [0.25, 0.3) is 0 Å². The van der Waals surface area contributed by atoms with Gasteiger partial charge in [0, 0.05) is 17.1 Å². The van der Waals surface area contributed by atoms with E-state index in [9.17, 15) is 9.90 Å². The first-order valence-electron chi connectivity index (χ1n) is 5.63. The van der Waals surface area contributed by atoms with Crippen LogP contribution < -0.4 is 11.1 Å². The molecule has 1 heterocycles. The van der Waals surface area contributed by atoms with Crippen molar-refractivity contribution in [1.82, 2.24) is 10.2 Å². The Hall–Kier alpha value is -0.810. The minimum Gasteiger partial charge on any atom is -0.376 e. The number of carbonyl (C=O) groups excluding carboxylic acids is 1. The Labute approximate surface area is 97.0 Å². The van der Waals surface area contributed by atoms with E-state index in [1.807, 2.05) is 0 Å². The third kappa shape index (κ3) is 3.09. The van der Waals surface area contributed by atoms with Gasteiger partial charge in [-0.2, -0.15) is 0 Å². The van der Waals surface area contributed by atoms with Crippen LogP contribution in [0.2, 0.25) is 0 Å². The summed E-state index contributed by atoms with van der Waals surface area (Å²) in [5, 5.41) is 12.7. The summed E-state index contributed by atoms with van der Waals surface area (Å²) in [4.78, 5) is 12.6. The van der Waals surface area contributed by atoms with Gasteiger partial charge in [0.05, 0.1) is 0 Å². The van der Waals surface area contributed by atoms with Gasteiger partial charge in [0.15, 0.2) is 0 Å². The van der Waals surface area contributed by atoms with E-state index in [0.29, 0.717) is 0 Å². The number of amides is 2. The molecule has 0 aromatic carbocycles. The Morgan fingerprint density at radius 2 is 1.81 bits per heavy atom. The number of nitrogens with one attached hydrogen (secondary N) is 1. The van der Waals surface area contributed by atoms with E-state index in [0.717, 1.165) is 12.8 Å². The molecule has 0 bridgehead atoms. The van der Waals surface area contributed by atoms with Gasteiger partial charge in [0.2, 0.25) is 0 Å². The summed E-state index contributed by atoms with van der Waals surface area (Å²) in [6.45, 7) is 8.07. The Balaban J connectivity index is 2.84. The van der Waals surface area contributed by atoms with Crippen molar-refractivity contribution in [1.29, 1.82) is 0 Å². The Morgan fingerprint density at radius 3 is 2.12 bits per heavy atom. The van der Waals surface area contributed by atoms with Crippen molar-refractivity contribution >= 4 is 6.03 Å². The molecular formula is C11H23N3O2. The van der Waals surface area contributed by atoms with Gasteiger partial charge in [0.1, 0.15) is 6.73 Å². The number of hydrogen-bond donors (Lipinski definition) is 3. The summed E-state index contributed by atoms with van der Waals surface area (Å²) in [7, 11) is 0. The van der Waals surface area contributed by atoms with E-state index in [1.54, 1.807) is 0 Å². The smallest absolute Gasteiger partial charge is 0.316 e. The molecule has 0 aromatic heterocycles. The topological polar surface area (TPSA) is 78.6 Å². The van der Waals surface area contributed by atoms with Crippen LogP contribution in [-0.4, -0.2) is 39.9 Å². The zero-order valence-corrected chi connectivity index (χ0v) is 10.6. The fraction of sp³-hybridized carbons (Fsp3) is 0.909. The lowest BCUT2D eigenvalue weighted by Crippen LogP contribution is -2.63. The Bertz CT molecular complexity index is 260. The van der Waals surface area contributed by atoms with Crippen LogP contribution in [0.3, 0.4) is 0 Å². The molecule has 4 N–H and O–H groups in total. The lowest BCUT2D eigenvalue weighted by atomic mass is 9.79. The molecule has 16 heavy (non-hydrogen) atoms. The van der Waals surface area contributed by atoms with Gasteiger partial charge in [-0.25, -0.2) is 4.79 Å². The lowest BCUT2D eigenvalue weighted by molar-refractivity contribution is 0.0397. The first kappa shape index (κ1) is 13.3. The fourth-order valence-corrected chi connectivity index (χ4v) is 2.85. The van der Waals surface area contributed by atoms with E-state index < -0.39 is 6.03 Å². The molecule has 0 spiro atoms. The van der Waals surface area contributed by atoms with Crippen LogP contribution in [0.25, 0.3) is 0 Å². The number of aliphatic hydroxyl groups is 1. The molecule has 0 aromatic rings. The number of urea groups is 1. The second-order valence-corrected chi connectivity index (χ2v) is 5.90. The monoisotopic (exact) mass is 229 g/mol. The van der Waals surface area contributed by atoms with Gasteiger partial charge in [-0.15, -0.1) is 0 Å². The average molecular weight is 229 g/mol. The molecule has 0 aliphatic carbocycles. The molecule has 1 fully saturated rings. The molecule has 1 aliphatic heterocycles. The van der Waals surface area contributed by atoms with Gasteiger partial charge >= 0.3 is 6.03 Å². The second kappa shape index (κ2) is 4.22. The van der Waals surface area contributed by atoms with Gasteiger partial charge in [-0.3, -0.25) is 4.90 Å². The fourth-order valence-electron chi connectivity index (χ4n) is 2.85. The van der Waals surface area contributed by atoms with Crippen LogP contribution in [0, 0.1) is 0 Å². The highest BCUT2D eigenvalue weighted by Crippen LogP contribution is 2.31. The third-order valence-corrected chi connectivity index (χ3v) is 3.04. The van der Waals surface area contributed by atoms with Crippen LogP contribution in [0.4, 0.5) is 4.79 Å². The van der Waals surface area contributed by atoms with Gasteiger partial charge < -0.3 is 16.2 Å². The largest absolute Gasteiger partial charge is 0.376 e. The van der Waals surface area contributed by atoms with E-state index in [4.69, 9.17) is 5.73 Å². The number of aliphatic hydroxyl groups excluding tert-OH is 1. The highest BCUT2D eigenvalue weighted by Gasteiger charge is 2.40. The van der Waals surface area contributed by atoms with Crippen molar-refractivity contribution in [3.05, 3.63) is 0 Å². The van der Waals surface area contributed by atoms with E-state index in [1.165, 1.54) is 4.90 Å². The van der Waals surface area contributed by atoms with Crippen molar-refractivity contribution in [3.63, 3.8) is 0 Å². The molecule has 5 nitrogen and oxygen atoms in total. The minimum atomic E-state index is -0.555. The molecule has 2 amide bonds. The predicted molar refractivity (Wildman–Crippen MR) is 62.8 cm³/mol. The van der Waals surface area contributed by atoms with Crippen molar-refractivity contribution in [2.75, 3.05) is 6.73 Å². The number of primary amides is 1. The summed E-state index contributed by atoms with van der Waals surface area (Å²) >= 11 is 0.